The van der Waals surface area contributed by atoms with Crippen molar-refractivity contribution < 1.29 is 47.8 Å². The molecule has 0 radical (unpaired) electrons. The van der Waals surface area contributed by atoms with Gasteiger partial charge in [-0.3, -0.25) is 44.1 Å². The Labute approximate surface area is 250 Å². The zero-order valence-electron chi connectivity index (χ0n) is 25.3. The van der Waals surface area contributed by atoms with Crippen LogP contribution in [-0.2, 0) is 38.1 Å². The summed E-state index contributed by atoms with van der Waals surface area (Å²) >= 11 is 0. The van der Waals surface area contributed by atoms with Gasteiger partial charge in [0.25, 0.3) is 5.69 Å². The van der Waals surface area contributed by atoms with Gasteiger partial charge in [-0.1, -0.05) is 0 Å². The van der Waals surface area contributed by atoms with Crippen molar-refractivity contribution in [2.45, 2.75) is 6.04 Å². The molecule has 0 N–H and O–H groups in total. The van der Waals surface area contributed by atoms with Crippen molar-refractivity contribution in [2.24, 2.45) is 0 Å². The number of ether oxygens (including phenoxy) is 5. The number of nitro groups is 1. The lowest BCUT2D eigenvalue weighted by atomic mass is 10.0. The summed E-state index contributed by atoms with van der Waals surface area (Å²) in [6, 6.07) is 2.87. The Morgan fingerprint density at radius 3 is 1.49 bits per heavy atom. The van der Waals surface area contributed by atoms with Crippen LogP contribution in [0.5, 0.6) is 5.75 Å². The van der Waals surface area contributed by atoms with Crippen LogP contribution in [0.25, 0.3) is 0 Å². The minimum atomic E-state index is -1.11. The van der Waals surface area contributed by atoms with Crippen LogP contribution >= 0.6 is 0 Å². The molecule has 0 amide bonds. The van der Waals surface area contributed by atoms with Crippen molar-refractivity contribution in [3.63, 3.8) is 0 Å². The van der Waals surface area contributed by atoms with Gasteiger partial charge in [-0.15, -0.1) is 0 Å². The first-order chi connectivity index (χ1) is 20.6. The number of hydrogen-bond acceptors (Lipinski definition) is 15. The fraction of sp³-hybridized carbons (Fsp3) is 0.630. The molecule has 0 aliphatic carbocycles. The normalized spacial score (nSPS) is 17.0. The maximum atomic E-state index is 13.3. The Morgan fingerprint density at radius 1 is 0.721 bits per heavy atom. The second-order valence-corrected chi connectivity index (χ2v) is 9.70. The summed E-state index contributed by atoms with van der Waals surface area (Å²) in [5.74, 6) is -1.78. The van der Waals surface area contributed by atoms with E-state index in [9.17, 15) is 29.3 Å². The number of carbonyl (C=O) groups excluding carboxylic acids is 4. The molecule has 0 aromatic heterocycles. The largest absolute Gasteiger partial charge is 0.496 e. The standard InChI is InChI=1S/C27H41N5O11/c1-39-22-7-6-20(32(37)38)16-21(22)26(27(36)43-5)31-14-12-29(18-24(34)41-3)10-8-28(17-23(33)40-2)9-11-30(13-15-31)19-25(35)42-4/h6-7,16,26H,8-15,17-19H2,1-5H3. The molecule has 1 fully saturated rings. The summed E-state index contributed by atoms with van der Waals surface area (Å²) in [7, 11) is 6.48. The molecule has 43 heavy (non-hydrogen) atoms. The van der Waals surface area contributed by atoms with E-state index in [1.165, 1.54) is 53.7 Å². The summed E-state index contributed by atoms with van der Waals surface area (Å²) in [4.78, 5) is 68.2. The van der Waals surface area contributed by atoms with Crippen LogP contribution in [0.3, 0.4) is 0 Å². The van der Waals surface area contributed by atoms with Crippen molar-refractivity contribution in [3.8, 4) is 5.75 Å². The van der Waals surface area contributed by atoms with E-state index >= 15 is 0 Å². The number of non-ortho nitro benzene ring substituents is 1. The lowest BCUT2D eigenvalue weighted by Crippen LogP contribution is -2.50. The molecule has 0 saturated carbocycles. The van der Waals surface area contributed by atoms with Crippen molar-refractivity contribution >= 4 is 29.6 Å². The van der Waals surface area contributed by atoms with Crippen LogP contribution < -0.4 is 4.74 Å². The third-order valence-corrected chi connectivity index (χ3v) is 7.12. The molecule has 1 aliphatic rings. The lowest BCUT2D eigenvalue weighted by molar-refractivity contribution is -0.385. The Kier molecular flexibility index (Phi) is 14.7. The first-order valence-corrected chi connectivity index (χ1v) is 13.6. The molecule has 0 spiro atoms. The molecule has 0 bridgehead atoms. The fourth-order valence-corrected chi connectivity index (χ4v) is 4.66. The summed E-state index contributed by atoms with van der Waals surface area (Å²) in [5, 5.41) is 11.6. The zero-order valence-corrected chi connectivity index (χ0v) is 25.3. The first kappa shape index (κ1) is 35.3. The van der Waals surface area contributed by atoms with Crippen molar-refractivity contribution in [2.75, 3.05) is 108 Å². The number of nitrogens with zero attached hydrogens (tertiary/aromatic N) is 5. The molecule has 240 valence electrons. The molecular formula is C27H41N5O11. The minimum absolute atomic E-state index is 0.0117. The highest BCUT2D eigenvalue weighted by molar-refractivity contribution is 5.79. The SMILES string of the molecule is COC(=O)CN1CCN(CC(=O)OC)CCN(C(C(=O)OC)c2cc([N+](=O)[O-])ccc2OC)CCN(CC(=O)OC)CC1. The molecule has 1 saturated heterocycles. The Morgan fingerprint density at radius 2 is 1.14 bits per heavy atom. The van der Waals surface area contributed by atoms with Gasteiger partial charge in [-0.2, -0.15) is 0 Å². The third-order valence-electron chi connectivity index (χ3n) is 7.12. The van der Waals surface area contributed by atoms with E-state index in [1.807, 2.05) is 14.7 Å². The topological polar surface area (TPSA) is 171 Å². The number of benzene rings is 1. The van der Waals surface area contributed by atoms with Gasteiger partial charge in [-0.25, -0.2) is 4.79 Å². The van der Waals surface area contributed by atoms with Gasteiger partial charge in [0.05, 0.1) is 60.1 Å². The van der Waals surface area contributed by atoms with Gasteiger partial charge in [-0.05, 0) is 6.07 Å². The minimum Gasteiger partial charge on any atom is -0.496 e. The molecule has 1 unspecified atom stereocenters. The monoisotopic (exact) mass is 611 g/mol. The number of esters is 4. The first-order valence-electron chi connectivity index (χ1n) is 13.6. The Balaban J connectivity index is 2.54. The molecule has 16 heteroatoms. The van der Waals surface area contributed by atoms with Gasteiger partial charge in [0.1, 0.15) is 11.8 Å². The van der Waals surface area contributed by atoms with Crippen LogP contribution in [0.2, 0.25) is 0 Å². The number of hydrogen-bond donors (Lipinski definition) is 0. The molecule has 1 aromatic rings. The van der Waals surface area contributed by atoms with Crippen LogP contribution in [0, 0.1) is 10.1 Å². The number of methoxy groups -OCH3 is 5. The van der Waals surface area contributed by atoms with E-state index in [-0.39, 0.29) is 62.8 Å². The predicted octanol–water partition coefficient (Wildman–Crippen LogP) is -0.442. The second kappa shape index (κ2) is 17.9. The molecule has 2 rings (SSSR count). The quantitative estimate of drug-likeness (QED) is 0.136. The average Bonchev–Trinajstić information content (AvgIpc) is 3.01. The highest BCUT2D eigenvalue weighted by atomic mass is 16.6. The highest BCUT2D eigenvalue weighted by Gasteiger charge is 2.34. The maximum Gasteiger partial charge on any atom is 0.327 e. The fourth-order valence-electron chi connectivity index (χ4n) is 4.66. The summed E-state index contributed by atoms with van der Waals surface area (Å²) in [6.45, 7) is 2.40. The second-order valence-electron chi connectivity index (χ2n) is 9.70. The van der Waals surface area contributed by atoms with E-state index in [0.717, 1.165) is 0 Å². The smallest absolute Gasteiger partial charge is 0.327 e. The molecule has 1 heterocycles. The predicted molar refractivity (Wildman–Crippen MR) is 151 cm³/mol. The van der Waals surface area contributed by atoms with Gasteiger partial charge in [0.15, 0.2) is 0 Å². The van der Waals surface area contributed by atoms with Crippen LogP contribution in [0.4, 0.5) is 5.69 Å². The van der Waals surface area contributed by atoms with E-state index in [0.29, 0.717) is 26.2 Å². The van der Waals surface area contributed by atoms with E-state index < -0.39 is 34.8 Å². The van der Waals surface area contributed by atoms with E-state index in [1.54, 1.807) is 4.90 Å². The highest BCUT2D eigenvalue weighted by Crippen LogP contribution is 2.33. The van der Waals surface area contributed by atoms with Crippen molar-refractivity contribution in [3.05, 3.63) is 33.9 Å². The Bertz CT molecular complexity index is 1080. The molecule has 1 atom stereocenters. The average molecular weight is 612 g/mol. The van der Waals surface area contributed by atoms with Crippen LogP contribution in [-0.4, -0.2) is 156 Å². The third kappa shape index (κ3) is 11.1. The number of rotatable bonds is 11. The molecule has 1 aromatic carbocycles. The van der Waals surface area contributed by atoms with Crippen molar-refractivity contribution in [1.29, 1.82) is 0 Å². The zero-order chi connectivity index (χ0) is 31.9. The molecular weight excluding hydrogens is 570 g/mol. The lowest BCUT2D eigenvalue weighted by Gasteiger charge is -2.36. The Hall–Kier alpha value is -3.86. The number of nitro benzene ring substituents is 1. The molecule has 16 nitrogen and oxygen atoms in total. The van der Waals surface area contributed by atoms with Crippen LogP contribution in [0.1, 0.15) is 11.6 Å². The van der Waals surface area contributed by atoms with Gasteiger partial charge in [0.2, 0.25) is 0 Å². The maximum absolute atomic E-state index is 13.3. The van der Waals surface area contributed by atoms with E-state index in [4.69, 9.17) is 23.7 Å². The van der Waals surface area contributed by atoms with Gasteiger partial charge < -0.3 is 23.7 Å². The van der Waals surface area contributed by atoms with Gasteiger partial charge >= 0.3 is 23.9 Å². The van der Waals surface area contributed by atoms with E-state index in [2.05, 4.69) is 0 Å². The number of carbonyl (C=O) groups is 4. The van der Waals surface area contributed by atoms with Crippen molar-refractivity contribution in [1.82, 2.24) is 19.6 Å². The van der Waals surface area contributed by atoms with Crippen LogP contribution in [0.15, 0.2) is 18.2 Å². The summed E-state index contributed by atoms with van der Waals surface area (Å²) in [6.07, 6.45) is 0. The van der Waals surface area contributed by atoms with Gasteiger partial charge in [0, 0.05) is 70.1 Å². The molecule has 1 aliphatic heterocycles. The summed E-state index contributed by atoms with van der Waals surface area (Å²) < 4.78 is 25.2. The summed E-state index contributed by atoms with van der Waals surface area (Å²) in [5.41, 5.74) is 0.00308.